The van der Waals surface area contributed by atoms with Crippen LogP contribution >= 0.6 is 34.7 Å². The molecule has 0 saturated carbocycles. The van der Waals surface area contributed by atoms with Gasteiger partial charge in [-0.25, -0.2) is 9.37 Å². The predicted molar refractivity (Wildman–Crippen MR) is 112 cm³/mol. The number of aromatic amines is 1. The molecule has 0 aliphatic heterocycles. The number of aromatic nitrogens is 2. The highest BCUT2D eigenvalue weighted by Crippen LogP contribution is 2.34. The van der Waals surface area contributed by atoms with Gasteiger partial charge in [0.2, 0.25) is 5.91 Å². The number of aryl methyl sites for hydroxylation is 2. The zero-order chi connectivity index (χ0) is 19.8. The Morgan fingerprint density at radius 1 is 1.39 bits per heavy atom. The number of carbonyl (C=O) groups excluding carboxylic acids is 1. The summed E-state index contributed by atoms with van der Waals surface area (Å²) in [5, 5.41) is 3.23. The fraction of sp³-hybridized carbons (Fsp3) is 0.316. The van der Waals surface area contributed by atoms with Gasteiger partial charge in [0.25, 0.3) is 5.56 Å². The van der Waals surface area contributed by atoms with Gasteiger partial charge in [0, 0.05) is 10.6 Å². The van der Waals surface area contributed by atoms with E-state index in [9.17, 15) is 14.0 Å². The third-order valence-electron chi connectivity index (χ3n) is 4.65. The molecule has 2 heterocycles. The van der Waals surface area contributed by atoms with Crippen LogP contribution in [0.3, 0.4) is 0 Å². The number of halogens is 2. The molecular formula is C19H17ClFN3O2S2. The van der Waals surface area contributed by atoms with Gasteiger partial charge in [0.15, 0.2) is 5.16 Å². The van der Waals surface area contributed by atoms with Crippen molar-refractivity contribution < 1.29 is 9.18 Å². The first-order valence-corrected chi connectivity index (χ1v) is 11.0. The van der Waals surface area contributed by atoms with Crippen LogP contribution in [0.4, 0.5) is 10.1 Å². The number of hydrogen-bond acceptors (Lipinski definition) is 5. The van der Waals surface area contributed by atoms with Gasteiger partial charge in [-0.15, -0.1) is 11.3 Å². The van der Waals surface area contributed by atoms with Crippen LogP contribution in [0, 0.1) is 5.82 Å². The van der Waals surface area contributed by atoms with Crippen LogP contribution in [0.15, 0.2) is 28.2 Å². The van der Waals surface area contributed by atoms with E-state index >= 15 is 0 Å². The van der Waals surface area contributed by atoms with E-state index in [0.717, 1.165) is 36.1 Å². The van der Waals surface area contributed by atoms with Gasteiger partial charge in [-0.2, -0.15) is 0 Å². The summed E-state index contributed by atoms with van der Waals surface area (Å²) in [7, 11) is 0. The third kappa shape index (κ3) is 3.81. The number of benzene rings is 1. The SMILES string of the molecule is C[C@@H](Sc1nc2sc3c(c2c(=O)[nH]1)CCCC3)C(=O)Nc1ccc(F)c(Cl)c1. The molecule has 1 amide bonds. The maximum absolute atomic E-state index is 13.2. The summed E-state index contributed by atoms with van der Waals surface area (Å²) in [6, 6.07) is 3.99. The monoisotopic (exact) mass is 437 g/mol. The molecule has 2 aromatic heterocycles. The Bertz CT molecular complexity index is 1130. The van der Waals surface area contributed by atoms with Crippen LogP contribution in [0.1, 0.15) is 30.2 Å². The molecule has 0 saturated heterocycles. The number of thioether (sulfide) groups is 1. The number of anilines is 1. The molecule has 0 spiro atoms. The number of rotatable bonds is 4. The van der Waals surface area contributed by atoms with Crippen molar-refractivity contribution in [2.45, 2.75) is 43.0 Å². The van der Waals surface area contributed by atoms with Crippen LogP contribution in [-0.2, 0) is 17.6 Å². The zero-order valence-corrected chi connectivity index (χ0v) is 17.4. The zero-order valence-electron chi connectivity index (χ0n) is 15.0. The first kappa shape index (κ1) is 19.4. The lowest BCUT2D eigenvalue weighted by molar-refractivity contribution is -0.115. The smallest absolute Gasteiger partial charge is 0.260 e. The molecule has 9 heteroatoms. The van der Waals surface area contributed by atoms with Gasteiger partial charge in [0.1, 0.15) is 10.6 Å². The Morgan fingerprint density at radius 2 is 2.18 bits per heavy atom. The molecule has 0 radical (unpaired) electrons. The van der Waals surface area contributed by atoms with E-state index in [-0.39, 0.29) is 16.5 Å². The average molecular weight is 438 g/mol. The molecule has 28 heavy (non-hydrogen) atoms. The van der Waals surface area contributed by atoms with Gasteiger partial charge in [-0.3, -0.25) is 9.59 Å². The van der Waals surface area contributed by atoms with Crippen molar-refractivity contribution in [3.63, 3.8) is 0 Å². The van der Waals surface area contributed by atoms with Crippen molar-refractivity contribution in [1.82, 2.24) is 9.97 Å². The summed E-state index contributed by atoms with van der Waals surface area (Å²) in [5.74, 6) is -0.836. The first-order chi connectivity index (χ1) is 13.4. The van der Waals surface area contributed by atoms with Gasteiger partial charge in [-0.1, -0.05) is 23.4 Å². The second-order valence-corrected chi connectivity index (χ2v) is 9.46. The number of fused-ring (bicyclic) bond motifs is 3. The third-order valence-corrected chi connectivity index (χ3v) is 7.11. The fourth-order valence-electron chi connectivity index (χ4n) is 3.24. The van der Waals surface area contributed by atoms with Crippen molar-refractivity contribution >= 4 is 56.5 Å². The highest BCUT2D eigenvalue weighted by Gasteiger charge is 2.22. The standard InChI is InChI=1S/C19H17ClFN3O2S2/c1-9(16(25)22-10-6-7-13(21)12(20)8-10)27-19-23-17(26)15-11-4-2-3-5-14(11)28-18(15)24-19/h6-9H,2-5H2,1H3,(H,22,25)(H,23,24,26)/t9-/m1/s1. The van der Waals surface area contributed by atoms with E-state index in [1.165, 1.54) is 34.8 Å². The van der Waals surface area contributed by atoms with Crippen molar-refractivity contribution in [2.24, 2.45) is 0 Å². The van der Waals surface area contributed by atoms with Crippen LogP contribution < -0.4 is 10.9 Å². The molecule has 0 bridgehead atoms. The summed E-state index contributed by atoms with van der Waals surface area (Å²) in [4.78, 5) is 34.4. The van der Waals surface area contributed by atoms with E-state index < -0.39 is 11.1 Å². The first-order valence-electron chi connectivity index (χ1n) is 8.89. The lowest BCUT2D eigenvalue weighted by Gasteiger charge is -2.12. The minimum Gasteiger partial charge on any atom is -0.325 e. The van der Waals surface area contributed by atoms with Crippen molar-refractivity contribution in [2.75, 3.05) is 5.32 Å². The molecule has 1 atom stereocenters. The normalized spacial score (nSPS) is 14.7. The number of carbonyl (C=O) groups is 1. The maximum Gasteiger partial charge on any atom is 0.260 e. The molecule has 3 aromatic rings. The van der Waals surface area contributed by atoms with Crippen molar-refractivity contribution in [1.29, 1.82) is 0 Å². The Morgan fingerprint density at radius 3 is 2.96 bits per heavy atom. The van der Waals surface area contributed by atoms with E-state index in [1.54, 1.807) is 18.3 Å². The van der Waals surface area contributed by atoms with Gasteiger partial charge >= 0.3 is 0 Å². The van der Waals surface area contributed by atoms with E-state index in [4.69, 9.17) is 11.6 Å². The van der Waals surface area contributed by atoms with Crippen molar-refractivity contribution in [3.8, 4) is 0 Å². The lowest BCUT2D eigenvalue weighted by atomic mass is 9.97. The minimum absolute atomic E-state index is 0.0591. The summed E-state index contributed by atoms with van der Waals surface area (Å²) in [5.41, 5.74) is 1.40. The number of thiophene rings is 1. The molecule has 2 N–H and O–H groups in total. The average Bonchev–Trinajstić information content (AvgIpc) is 3.03. The Kier molecular flexibility index (Phi) is 5.44. The lowest BCUT2D eigenvalue weighted by Crippen LogP contribution is -2.23. The quantitative estimate of drug-likeness (QED) is 0.455. The van der Waals surface area contributed by atoms with Crippen LogP contribution in [0.25, 0.3) is 10.2 Å². The molecule has 1 aliphatic carbocycles. The maximum atomic E-state index is 13.2. The molecule has 1 aliphatic rings. The summed E-state index contributed by atoms with van der Waals surface area (Å²) >= 11 is 8.49. The minimum atomic E-state index is -0.546. The summed E-state index contributed by atoms with van der Waals surface area (Å²) in [6.07, 6.45) is 4.16. The highest BCUT2D eigenvalue weighted by molar-refractivity contribution is 8.00. The molecule has 4 rings (SSSR count). The molecule has 0 fully saturated rings. The molecule has 1 aromatic carbocycles. The fourth-order valence-corrected chi connectivity index (χ4v) is 5.54. The van der Waals surface area contributed by atoms with Crippen LogP contribution in [-0.4, -0.2) is 21.1 Å². The Hall–Kier alpha value is -1.90. The largest absolute Gasteiger partial charge is 0.325 e. The van der Waals surface area contributed by atoms with E-state index in [1.807, 2.05) is 0 Å². The summed E-state index contributed by atoms with van der Waals surface area (Å²) in [6.45, 7) is 1.72. The number of H-pyrrole nitrogens is 1. The number of hydrogen-bond donors (Lipinski definition) is 2. The predicted octanol–water partition coefficient (Wildman–Crippen LogP) is 4.78. The number of nitrogens with one attached hydrogen (secondary N) is 2. The number of nitrogens with zero attached hydrogens (tertiary/aromatic N) is 1. The number of amides is 1. The Labute approximate surface area is 173 Å². The molecule has 5 nitrogen and oxygen atoms in total. The van der Waals surface area contributed by atoms with Gasteiger partial charge < -0.3 is 10.3 Å². The highest BCUT2D eigenvalue weighted by atomic mass is 35.5. The van der Waals surface area contributed by atoms with E-state index in [2.05, 4.69) is 15.3 Å². The topological polar surface area (TPSA) is 74.8 Å². The van der Waals surface area contributed by atoms with E-state index in [0.29, 0.717) is 16.2 Å². The Balaban J connectivity index is 1.53. The van der Waals surface area contributed by atoms with Crippen LogP contribution in [0.5, 0.6) is 0 Å². The van der Waals surface area contributed by atoms with Gasteiger partial charge in [0.05, 0.1) is 15.7 Å². The molecular weight excluding hydrogens is 421 g/mol. The van der Waals surface area contributed by atoms with Gasteiger partial charge in [-0.05, 0) is 56.4 Å². The molecule has 0 unspecified atom stereocenters. The second kappa shape index (κ2) is 7.85. The molecule has 146 valence electrons. The summed E-state index contributed by atoms with van der Waals surface area (Å²) < 4.78 is 13.2. The van der Waals surface area contributed by atoms with Crippen molar-refractivity contribution in [3.05, 3.63) is 49.8 Å². The van der Waals surface area contributed by atoms with Crippen LogP contribution in [0.2, 0.25) is 5.02 Å². The second-order valence-electron chi connectivity index (χ2n) is 6.64.